The second kappa shape index (κ2) is 5.51. The lowest BCUT2D eigenvalue weighted by Gasteiger charge is -2.07. The van der Waals surface area contributed by atoms with E-state index in [4.69, 9.17) is 0 Å². The number of amides is 1. The first kappa shape index (κ1) is 13.1. The van der Waals surface area contributed by atoms with E-state index in [2.05, 4.69) is 10.3 Å². The Hall–Kier alpha value is -2.37. The molecule has 6 heteroatoms. The number of aromatic hydroxyl groups is 1. The summed E-state index contributed by atoms with van der Waals surface area (Å²) in [5, 5.41) is 12.1. The predicted molar refractivity (Wildman–Crippen MR) is 67.3 cm³/mol. The van der Waals surface area contributed by atoms with Crippen molar-refractivity contribution in [2.75, 3.05) is 6.54 Å². The van der Waals surface area contributed by atoms with Gasteiger partial charge in [0.05, 0.1) is 5.56 Å². The average Bonchev–Trinajstić information content (AvgIpc) is 2.75. The minimum Gasteiger partial charge on any atom is -0.507 e. The fraction of sp³-hybridized carbons (Fsp3) is 0.231. The van der Waals surface area contributed by atoms with Crippen LogP contribution in [0.1, 0.15) is 16.2 Å². The van der Waals surface area contributed by atoms with Crippen LogP contribution in [0.2, 0.25) is 0 Å². The molecule has 2 aromatic rings. The fourth-order valence-electron chi connectivity index (χ4n) is 1.72. The number of carbonyl (C=O) groups excluding carboxylic acids is 1. The number of phenols is 1. The number of halogens is 1. The standard InChI is InChI=1S/C13H14FN3O2/c1-17-7-6-15-12(17)4-5-16-13(19)10-3-2-9(14)8-11(10)18/h2-3,6-8,18H,4-5H2,1H3,(H,16,19). The van der Waals surface area contributed by atoms with Crippen LogP contribution in [-0.2, 0) is 13.5 Å². The van der Waals surface area contributed by atoms with Gasteiger partial charge in [0.25, 0.3) is 5.91 Å². The van der Waals surface area contributed by atoms with Crippen molar-refractivity contribution in [3.05, 3.63) is 47.8 Å². The molecule has 0 aliphatic heterocycles. The summed E-state index contributed by atoms with van der Waals surface area (Å²) in [7, 11) is 1.87. The van der Waals surface area contributed by atoms with Crippen LogP contribution in [0.3, 0.4) is 0 Å². The van der Waals surface area contributed by atoms with Crippen molar-refractivity contribution in [3.8, 4) is 5.75 Å². The lowest BCUT2D eigenvalue weighted by Crippen LogP contribution is -2.26. The number of hydrogen-bond acceptors (Lipinski definition) is 3. The summed E-state index contributed by atoms with van der Waals surface area (Å²) in [4.78, 5) is 15.9. The summed E-state index contributed by atoms with van der Waals surface area (Å²) in [6.07, 6.45) is 4.09. The second-order valence-corrected chi connectivity index (χ2v) is 4.12. The lowest BCUT2D eigenvalue weighted by atomic mass is 10.2. The molecule has 0 fully saturated rings. The van der Waals surface area contributed by atoms with Crippen LogP contribution >= 0.6 is 0 Å². The molecule has 0 unspecified atom stereocenters. The number of rotatable bonds is 4. The number of aryl methyl sites for hydroxylation is 1. The Labute approximate surface area is 109 Å². The molecule has 1 heterocycles. The number of imidazole rings is 1. The SMILES string of the molecule is Cn1ccnc1CCNC(=O)c1ccc(F)cc1O. The van der Waals surface area contributed by atoms with E-state index in [0.717, 1.165) is 18.0 Å². The number of phenolic OH excluding ortho intramolecular Hbond substituents is 1. The van der Waals surface area contributed by atoms with E-state index in [1.54, 1.807) is 6.20 Å². The highest BCUT2D eigenvalue weighted by molar-refractivity contribution is 5.96. The van der Waals surface area contributed by atoms with Gasteiger partial charge in [-0.05, 0) is 12.1 Å². The summed E-state index contributed by atoms with van der Waals surface area (Å²) in [5.41, 5.74) is 0.0567. The van der Waals surface area contributed by atoms with Crippen molar-refractivity contribution >= 4 is 5.91 Å². The van der Waals surface area contributed by atoms with E-state index in [9.17, 15) is 14.3 Å². The molecule has 2 rings (SSSR count). The van der Waals surface area contributed by atoms with Crippen molar-refractivity contribution in [1.82, 2.24) is 14.9 Å². The third-order valence-electron chi connectivity index (χ3n) is 2.76. The number of benzene rings is 1. The average molecular weight is 263 g/mol. The van der Waals surface area contributed by atoms with Gasteiger partial charge in [0.15, 0.2) is 0 Å². The van der Waals surface area contributed by atoms with Crippen molar-refractivity contribution in [2.45, 2.75) is 6.42 Å². The Morgan fingerprint density at radius 3 is 2.95 bits per heavy atom. The van der Waals surface area contributed by atoms with Crippen LogP contribution in [0.5, 0.6) is 5.75 Å². The van der Waals surface area contributed by atoms with Crippen LogP contribution in [0.15, 0.2) is 30.6 Å². The fourth-order valence-corrected chi connectivity index (χ4v) is 1.72. The summed E-state index contributed by atoms with van der Waals surface area (Å²) >= 11 is 0. The maximum Gasteiger partial charge on any atom is 0.255 e. The molecule has 0 aliphatic rings. The Balaban J connectivity index is 1.93. The highest BCUT2D eigenvalue weighted by Gasteiger charge is 2.11. The van der Waals surface area contributed by atoms with Gasteiger partial charge in [-0.25, -0.2) is 9.37 Å². The zero-order valence-electron chi connectivity index (χ0n) is 10.4. The Morgan fingerprint density at radius 1 is 1.53 bits per heavy atom. The quantitative estimate of drug-likeness (QED) is 0.872. The summed E-state index contributed by atoms with van der Waals surface area (Å²) in [6, 6.07) is 3.29. The maximum atomic E-state index is 12.8. The van der Waals surface area contributed by atoms with E-state index < -0.39 is 11.7 Å². The smallest absolute Gasteiger partial charge is 0.255 e. The topological polar surface area (TPSA) is 67.2 Å². The number of aromatic nitrogens is 2. The molecule has 100 valence electrons. The number of carbonyl (C=O) groups is 1. The Morgan fingerprint density at radius 2 is 2.32 bits per heavy atom. The molecule has 0 bridgehead atoms. The van der Waals surface area contributed by atoms with E-state index in [0.29, 0.717) is 13.0 Å². The molecule has 19 heavy (non-hydrogen) atoms. The molecule has 0 saturated carbocycles. The Kier molecular flexibility index (Phi) is 3.79. The minimum absolute atomic E-state index is 0.0567. The van der Waals surface area contributed by atoms with E-state index in [1.807, 2.05) is 17.8 Å². The van der Waals surface area contributed by atoms with E-state index >= 15 is 0 Å². The van der Waals surface area contributed by atoms with Gasteiger partial charge in [-0.3, -0.25) is 4.79 Å². The van der Waals surface area contributed by atoms with Crippen LogP contribution in [0.25, 0.3) is 0 Å². The highest BCUT2D eigenvalue weighted by Crippen LogP contribution is 2.17. The molecule has 0 spiro atoms. The second-order valence-electron chi connectivity index (χ2n) is 4.12. The van der Waals surface area contributed by atoms with Gasteiger partial charge < -0.3 is 15.0 Å². The molecule has 1 amide bonds. The van der Waals surface area contributed by atoms with E-state index in [1.165, 1.54) is 6.07 Å². The van der Waals surface area contributed by atoms with Gasteiger partial charge in [-0.15, -0.1) is 0 Å². The molecule has 0 radical (unpaired) electrons. The first-order valence-corrected chi connectivity index (χ1v) is 5.81. The van der Waals surface area contributed by atoms with Crippen LogP contribution in [0, 0.1) is 5.82 Å². The normalized spacial score (nSPS) is 10.4. The Bertz CT molecular complexity index is 595. The number of nitrogens with one attached hydrogen (secondary N) is 1. The lowest BCUT2D eigenvalue weighted by molar-refractivity contribution is 0.0951. The molecule has 5 nitrogen and oxygen atoms in total. The largest absolute Gasteiger partial charge is 0.507 e. The first-order chi connectivity index (χ1) is 9.08. The monoisotopic (exact) mass is 263 g/mol. The minimum atomic E-state index is -0.581. The maximum absolute atomic E-state index is 12.8. The zero-order valence-corrected chi connectivity index (χ0v) is 10.4. The van der Waals surface area contributed by atoms with E-state index in [-0.39, 0.29) is 11.3 Å². The van der Waals surface area contributed by atoms with Crippen LogP contribution in [-0.4, -0.2) is 27.1 Å². The third kappa shape index (κ3) is 3.09. The molecule has 1 aromatic carbocycles. The van der Waals surface area contributed by atoms with Crippen molar-refractivity contribution in [2.24, 2.45) is 7.05 Å². The molecular formula is C13H14FN3O2. The molecule has 1 aromatic heterocycles. The third-order valence-corrected chi connectivity index (χ3v) is 2.76. The number of nitrogens with zero attached hydrogens (tertiary/aromatic N) is 2. The highest BCUT2D eigenvalue weighted by atomic mass is 19.1. The zero-order chi connectivity index (χ0) is 13.8. The summed E-state index contributed by atoms with van der Waals surface area (Å²) in [5.74, 6) is -0.535. The van der Waals surface area contributed by atoms with Gasteiger partial charge in [0, 0.05) is 38.5 Å². The molecule has 0 saturated heterocycles. The number of hydrogen-bond donors (Lipinski definition) is 2. The van der Waals surface area contributed by atoms with Gasteiger partial charge in [0.2, 0.25) is 0 Å². The molecular weight excluding hydrogens is 249 g/mol. The van der Waals surface area contributed by atoms with Crippen molar-refractivity contribution in [1.29, 1.82) is 0 Å². The van der Waals surface area contributed by atoms with Crippen molar-refractivity contribution in [3.63, 3.8) is 0 Å². The van der Waals surface area contributed by atoms with Gasteiger partial charge in [-0.2, -0.15) is 0 Å². The van der Waals surface area contributed by atoms with Crippen LogP contribution in [0.4, 0.5) is 4.39 Å². The summed E-state index contributed by atoms with van der Waals surface area (Å²) < 4.78 is 14.7. The molecule has 0 aliphatic carbocycles. The van der Waals surface area contributed by atoms with Gasteiger partial charge in [-0.1, -0.05) is 0 Å². The van der Waals surface area contributed by atoms with Crippen LogP contribution < -0.4 is 5.32 Å². The van der Waals surface area contributed by atoms with Crippen molar-refractivity contribution < 1.29 is 14.3 Å². The van der Waals surface area contributed by atoms with Gasteiger partial charge in [0.1, 0.15) is 17.4 Å². The van der Waals surface area contributed by atoms with Gasteiger partial charge >= 0.3 is 0 Å². The first-order valence-electron chi connectivity index (χ1n) is 5.81. The summed E-state index contributed by atoms with van der Waals surface area (Å²) in [6.45, 7) is 0.389. The predicted octanol–water partition coefficient (Wildman–Crippen LogP) is 1.24. The molecule has 2 N–H and O–H groups in total. The molecule has 0 atom stereocenters.